The summed E-state index contributed by atoms with van der Waals surface area (Å²) in [4.78, 5) is 16.4. The van der Waals surface area contributed by atoms with Gasteiger partial charge < -0.3 is 10.6 Å². The third-order valence-electron chi connectivity index (χ3n) is 3.62. The van der Waals surface area contributed by atoms with E-state index in [1.54, 1.807) is 0 Å². The first-order valence-corrected chi connectivity index (χ1v) is 5.96. The van der Waals surface area contributed by atoms with Crippen molar-refractivity contribution in [3.8, 4) is 0 Å². The van der Waals surface area contributed by atoms with E-state index in [0.29, 0.717) is 25.0 Å². The zero-order chi connectivity index (χ0) is 10.8. The highest BCUT2D eigenvalue weighted by Crippen LogP contribution is 2.24. The van der Waals surface area contributed by atoms with Crippen molar-refractivity contribution in [1.82, 2.24) is 9.80 Å². The molecule has 2 rings (SSSR count). The van der Waals surface area contributed by atoms with Gasteiger partial charge in [0, 0.05) is 38.1 Å². The van der Waals surface area contributed by atoms with Gasteiger partial charge >= 0.3 is 0 Å². The lowest BCUT2D eigenvalue weighted by atomic mass is 10.1. The van der Waals surface area contributed by atoms with Crippen LogP contribution in [0.2, 0.25) is 0 Å². The lowest BCUT2D eigenvalue weighted by Gasteiger charge is -2.42. The maximum atomic E-state index is 11.8. The Kier molecular flexibility index (Phi) is 3.26. The lowest BCUT2D eigenvalue weighted by molar-refractivity contribution is -0.136. The van der Waals surface area contributed by atoms with Gasteiger partial charge in [-0.05, 0) is 26.3 Å². The second kappa shape index (κ2) is 4.49. The van der Waals surface area contributed by atoms with Gasteiger partial charge in [-0.2, -0.15) is 0 Å². The summed E-state index contributed by atoms with van der Waals surface area (Å²) in [6, 6.07) is 0.973. The molecule has 0 aromatic rings. The van der Waals surface area contributed by atoms with Crippen LogP contribution in [-0.4, -0.2) is 54.0 Å². The molecule has 2 saturated heterocycles. The van der Waals surface area contributed by atoms with Gasteiger partial charge in [-0.3, -0.25) is 9.69 Å². The molecule has 0 spiro atoms. The first-order valence-electron chi connectivity index (χ1n) is 5.96. The summed E-state index contributed by atoms with van der Waals surface area (Å²) in [6.07, 6.45) is 3.03. The number of rotatable bonds is 2. The van der Waals surface area contributed by atoms with Crippen LogP contribution in [0, 0.1) is 0 Å². The Bertz CT molecular complexity index is 244. The molecule has 0 radical (unpaired) electrons. The van der Waals surface area contributed by atoms with E-state index in [1.807, 2.05) is 4.90 Å². The van der Waals surface area contributed by atoms with Crippen LogP contribution in [0.25, 0.3) is 0 Å². The minimum absolute atomic E-state index is 0.233. The molecule has 2 fully saturated rings. The standard InChI is InChI=1S/C11H21N3O/c1-9-7-13-6-2-3-10(13)8-14(9)11(15)4-5-12/h9-10H,2-8,12H2,1H3. The van der Waals surface area contributed by atoms with Crippen LogP contribution in [0.1, 0.15) is 26.2 Å². The molecule has 0 bridgehead atoms. The molecule has 0 aliphatic carbocycles. The molecule has 2 heterocycles. The summed E-state index contributed by atoms with van der Waals surface area (Å²) in [5.41, 5.74) is 5.43. The molecule has 2 unspecified atom stereocenters. The highest BCUT2D eigenvalue weighted by Gasteiger charge is 2.35. The highest BCUT2D eigenvalue weighted by atomic mass is 16.2. The number of carbonyl (C=O) groups is 1. The summed E-state index contributed by atoms with van der Waals surface area (Å²) in [7, 11) is 0. The summed E-state index contributed by atoms with van der Waals surface area (Å²) in [6.45, 7) is 5.79. The number of nitrogens with zero attached hydrogens (tertiary/aromatic N) is 2. The Hall–Kier alpha value is -0.610. The Morgan fingerprint density at radius 3 is 3.00 bits per heavy atom. The van der Waals surface area contributed by atoms with Gasteiger partial charge in [0.15, 0.2) is 0 Å². The number of hydrogen-bond donors (Lipinski definition) is 1. The SMILES string of the molecule is CC1CN2CCCC2CN1C(=O)CCN. The monoisotopic (exact) mass is 211 g/mol. The topological polar surface area (TPSA) is 49.6 Å². The summed E-state index contributed by atoms with van der Waals surface area (Å²) < 4.78 is 0. The largest absolute Gasteiger partial charge is 0.337 e. The van der Waals surface area contributed by atoms with E-state index < -0.39 is 0 Å². The summed E-state index contributed by atoms with van der Waals surface area (Å²) >= 11 is 0. The van der Waals surface area contributed by atoms with E-state index in [9.17, 15) is 4.79 Å². The van der Waals surface area contributed by atoms with E-state index in [4.69, 9.17) is 5.73 Å². The summed E-state index contributed by atoms with van der Waals surface area (Å²) in [5, 5.41) is 0. The number of hydrogen-bond acceptors (Lipinski definition) is 3. The van der Waals surface area contributed by atoms with Crippen molar-refractivity contribution in [2.24, 2.45) is 5.73 Å². The van der Waals surface area contributed by atoms with Crippen molar-refractivity contribution in [1.29, 1.82) is 0 Å². The second-order valence-corrected chi connectivity index (χ2v) is 4.72. The van der Waals surface area contributed by atoms with E-state index in [2.05, 4.69) is 11.8 Å². The van der Waals surface area contributed by atoms with Crippen LogP contribution < -0.4 is 5.73 Å². The Morgan fingerprint density at radius 1 is 1.47 bits per heavy atom. The zero-order valence-electron chi connectivity index (χ0n) is 9.48. The Balaban J connectivity index is 1.97. The van der Waals surface area contributed by atoms with Crippen LogP contribution in [0.4, 0.5) is 0 Å². The molecule has 86 valence electrons. The highest BCUT2D eigenvalue weighted by molar-refractivity contribution is 5.76. The predicted molar refractivity (Wildman–Crippen MR) is 59.4 cm³/mol. The van der Waals surface area contributed by atoms with E-state index in [-0.39, 0.29) is 5.91 Å². The minimum atomic E-state index is 0.233. The first-order chi connectivity index (χ1) is 7.22. The van der Waals surface area contributed by atoms with Crippen molar-refractivity contribution in [2.45, 2.75) is 38.3 Å². The van der Waals surface area contributed by atoms with E-state index >= 15 is 0 Å². The van der Waals surface area contributed by atoms with E-state index in [0.717, 1.165) is 13.1 Å². The normalized spacial score (nSPS) is 31.7. The van der Waals surface area contributed by atoms with Gasteiger partial charge in [-0.1, -0.05) is 0 Å². The molecule has 0 aromatic carbocycles. The molecule has 0 saturated carbocycles. The Labute approximate surface area is 91.4 Å². The molecule has 4 nitrogen and oxygen atoms in total. The molecule has 0 aromatic heterocycles. The zero-order valence-corrected chi connectivity index (χ0v) is 9.48. The quantitative estimate of drug-likeness (QED) is 0.701. The van der Waals surface area contributed by atoms with Gasteiger partial charge in [0.2, 0.25) is 5.91 Å². The van der Waals surface area contributed by atoms with Gasteiger partial charge in [0.25, 0.3) is 0 Å². The molecular weight excluding hydrogens is 190 g/mol. The molecule has 4 heteroatoms. The first kappa shape index (κ1) is 10.9. The van der Waals surface area contributed by atoms with Gasteiger partial charge in [0.1, 0.15) is 0 Å². The van der Waals surface area contributed by atoms with Crippen LogP contribution >= 0.6 is 0 Å². The van der Waals surface area contributed by atoms with Gasteiger partial charge in [-0.25, -0.2) is 0 Å². The molecule has 2 atom stereocenters. The predicted octanol–water partition coefficient (Wildman–Crippen LogP) is 0.0303. The average Bonchev–Trinajstić information content (AvgIpc) is 2.63. The average molecular weight is 211 g/mol. The maximum absolute atomic E-state index is 11.8. The van der Waals surface area contributed by atoms with Crippen molar-refractivity contribution >= 4 is 5.91 Å². The smallest absolute Gasteiger partial charge is 0.224 e. The van der Waals surface area contributed by atoms with E-state index in [1.165, 1.54) is 19.4 Å². The van der Waals surface area contributed by atoms with Crippen LogP contribution in [0.3, 0.4) is 0 Å². The van der Waals surface area contributed by atoms with Crippen molar-refractivity contribution in [3.05, 3.63) is 0 Å². The van der Waals surface area contributed by atoms with Crippen LogP contribution in [0.15, 0.2) is 0 Å². The van der Waals surface area contributed by atoms with Gasteiger partial charge in [-0.15, -0.1) is 0 Å². The summed E-state index contributed by atoms with van der Waals surface area (Å²) in [5.74, 6) is 0.233. The molecule has 2 aliphatic rings. The third kappa shape index (κ3) is 2.16. The molecule has 1 amide bonds. The van der Waals surface area contributed by atoms with Crippen LogP contribution in [0.5, 0.6) is 0 Å². The van der Waals surface area contributed by atoms with Crippen molar-refractivity contribution in [3.63, 3.8) is 0 Å². The number of piperazine rings is 1. The minimum Gasteiger partial charge on any atom is -0.337 e. The molecule has 2 N–H and O–H groups in total. The maximum Gasteiger partial charge on any atom is 0.224 e. The number of amides is 1. The molecule has 2 aliphatic heterocycles. The lowest BCUT2D eigenvalue weighted by Crippen LogP contribution is -2.56. The van der Waals surface area contributed by atoms with Crippen LogP contribution in [-0.2, 0) is 4.79 Å². The van der Waals surface area contributed by atoms with Crippen molar-refractivity contribution < 1.29 is 4.79 Å². The van der Waals surface area contributed by atoms with Gasteiger partial charge in [0.05, 0.1) is 0 Å². The molecule has 15 heavy (non-hydrogen) atoms. The fourth-order valence-corrected chi connectivity index (χ4v) is 2.80. The number of nitrogens with two attached hydrogens (primary N) is 1. The fourth-order valence-electron chi connectivity index (χ4n) is 2.80. The van der Waals surface area contributed by atoms with Crippen molar-refractivity contribution in [2.75, 3.05) is 26.2 Å². The Morgan fingerprint density at radius 2 is 2.27 bits per heavy atom. The molecular formula is C11H21N3O. The fraction of sp³-hybridized carbons (Fsp3) is 0.909. The second-order valence-electron chi connectivity index (χ2n) is 4.72. The number of fused-ring (bicyclic) bond motifs is 1. The third-order valence-corrected chi connectivity index (χ3v) is 3.62. The number of carbonyl (C=O) groups excluding carboxylic acids is 1.